The van der Waals surface area contributed by atoms with Gasteiger partial charge in [-0.3, -0.25) is 9.59 Å². The molecule has 13 heteroatoms. The van der Waals surface area contributed by atoms with E-state index in [2.05, 4.69) is 22.0 Å². The number of aromatic nitrogens is 1. The lowest BCUT2D eigenvalue weighted by Gasteiger charge is -2.47. The number of nitrogens with one attached hydrogen (secondary N) is 1. The molecule has 0 bridgehead atoms. The Morgan fingerprint density at radius 1 is 1.55 bits per heavy atom. The van der Waals surface area contributed by atoms with Crippen LogP contribution in [0, 0.1) is 0 Å². The molecule has 2 amide bonds. The lowest BCUT2D eigenvalue weighted by molar-refractivity contribution is -0.144. The van der Waals surface area contributed by atoms with Crippen LogP contribution >= 0.6 is 34.7 Å². The molecule has 2 aliphatic rings. The van der Waals surface area contributed by atoms with E-state index in [0.717, 1.165) is 11.3 Å². The van der Waals surface area contributed by atoms with Crippen LogP contribution in [0.4, 0.5) is 5.13 Å². The van der Waals surface area contributed by atoms with Gasteiger partial charge in [0.15, 0.2) is 10.8 Å². The minimum Gasteiger partial charge on any atom is -0.456 e. The first kappa shape index (κ1) is 21.1. The highest BCUT2D eigenvalue weighted by Crippen LogP contribution is 2.36. The van der Waals surface area contributed by atoms with Crippen molar-refractivity contribution >= 4 is 63.3 Å². The zero-order valence-electron chi connectivity index (χ0n) is 15.1. The van der Waals surface area contributed by atoms with Gasteiger partial charge in [-0.2, -0.15) is 0 Å². The van der Waals surface area contributed by atoms with E-state index < -0.39 is 17.9 Å². The zero-order valence-corrected chi connectivity index (χ0v) is 17.5. The van der Waals surface area contributed by atoms with E-state index in [9.17, 15) is 14.4 Å². The number of halogens is 1. The molecule has 2 atom stereocenters. The minimum atomic E-state index is -0.776. The monoisotopic (exact) mass is 457 g/mol. The van der Waals surface area contributed by atoms with Crippen LogP contribution in [0.2, 0.25) is 0 Å². The fourth-order valence-corrected chi connectivity index (χ4v) is 4.41. The SMILES string of the molecule is C=C(Cl)COC(=O)C1=CN2C(=O)C(NC(=O)C(=NOC)c3csc(N)n3)[C@H]2SC1. The fraction of sp³-hybridized carbons (Fsp3) is 0.312. The third-order valence-electron chi connectivity index (χ3n) is 3.86. The van der Waals surface area contributed by atoms with Gasteiger partial charge in [-0.25, -0.2) is 9.78 Å². The molecule has 0 aliphatic carbocycles. The maximum Gasteiger partial charge on any atom is 0.336 e. The molecule has 1 aromatic rings. The smallest absolute Gasteiger partial charge is 0.336 e. The number of β-lactam (4-membered cyclic amide) rings is 1. The van der Waals surface area contributed by atoms with Crippen molar-refractivity contribution < 1.29 is 24.0 Å². The molecule has 3 rings (SSSR count). The summed E-state index contributed by atoms with van der Waals surface area (Å²) in [6.45, 7) is 3.33. The number of nitrogens with two attached hydrogens (primary N) is 1. The van der Waals surface area contributed by atoms with E-state index in [-0.39, 0.29) is 39.5 Å². The highest BCUT2D eigenvalue weighted by Gasteiger charge is 2.50. The van der Waals surface area contributed by atoms with Gasteiger partial charge in [-0.15, -0.1) is 23.1 Å². The second-order valence-corrected chi connectivity index (χ2v) is 8.37. The van der Waals surface area contributed by atoms with E-state index in [4.69, 9.17) is 26.9 Å². The molecule has 3 N–H and O–H groups in total. The molecule has 154 valence electrons. The van der Waals surface area contributed by atoms with Crippen LogP contribution in [0.5, 0.6) is 0 Å². The van der Waals surface area contributed by atoms with Crippen molar-refractivity contribution in [1.29, 1.82) is 0 Å². The molecule has 1 unspecified atom stereocenters. The minimum absolute atomic E-state index is 0.0892. The van der Waals surface area contributed by atoms with Crippen LogP contribution in [-0.2, 0) is 24.0 Å². The van der Waals surface area contributed by atoms with Gasteiger partial charge in [0.05, 0.1) is 5.57 Å². The van der Waals surface area contributed by atoms with Crippen molar-refractivity contribution in [1.82, 2.24) is 15.2 Å². The van der Waals surface area contributed by atoms with Crippen LogP contribution < -0.4 is 11.1 Å². The Kier molecular flexibility index (Phi) is 6.45. The summed E-state index contributed by atoms with van der Waals surface area (Å²) in [6, 6.07) is -0.776. The van der Waals surface area contributed by atoms with Gasteiger partial charge in [0.25, 0.3) is 11.8 Å². The number of fused-ring (bicyclic) bond motifs is 1. The number of thioether (sulfide) groups is 1. The van der Waals surface area contributed by atoms with Crippen LogP contribution in [-0.4, -0.2) is 64.3 Å². The van der Waals surface area contributed by atoms with E-state index in [1.165, 1.54) is 30.0 Å². The number of carbonyl (C=O) groups is 3. The van der Waals surface area contributed by atoms with Crippen molar-refractivity contribution in [3.05, 3.63) is 34.5 Å². The van der Waals surface area contributed by atoms with Gasteiger partial charge < -0.3 is 25.5 Å². The Hall–Kier alpha value is -2.57. The molecule has 1 fully saturated rings. The molecule has 0 saturated carbocycles. The summed E-state index contributed by atoms with van der Waals surface area (Å²) >= 11 is 8.05. The number of hydrogen-bond acceptors (Lipinski definition) is 10. The normalized spacial score (nSPS) is 20.9. The number of thiazole rings is 1. The summed E-state index contributed by atoms with van der Waals surface area (Å²) in [5.41, 5.74) is 6.08. The first-order chi connectivity index (χ1) is 13.8. The Morgan fingerprint density at radius 3 is 2.93 bits per heavy atom. The quantitative estimate of drug-likeness (QED) is 0.263. The van der Waals surface area contributed by atoms with Crippen molar-refractivity contribution in [2.75, 3.05) is 25.2 Å². The predicted octanol–water partition coefficient (Wildman–Crippen LogP) is 0.655. The summed E-state index contributed by atoms with van der Waals surface area (Å²) in [7, 11) is 1.29. The van der Waals surface area contributed by atoms with Crippen molar-refractivity contribution in [2.24, 2.45) is 5.16 Å². The summed E-state index contributed by atoms with van der Waals surface area (Å²) in [5, 5.41) is 7.99. The number of ether oxygens (including phenoxy) is 1. The van der Waals surface area contributed by atoms with Gasteiger partial charge in [0, 0.05) is 22.4 Å². The van der Waals surface area contributed by atoms with Crippen LogP contribution in [0.3, 0.4) is 0 Å². The number of nitrogens with zero attached hydrogens (tertiary/aromatic N) is 3. The summed E-state index contributed by atoms with van der Waals surface area (Å²) in [5.74, 6) is -1.24. The molecule has 3 heterocycles. The third-order valence-corrected chi connectivity index (χ3v) is 5.96. The summed E-state index contributed by atoms with van der Waals surface area (Å²) in [4.78, 5) is 47.1. The maximum atomic E-state index is 12.6. The van der Waals surface area contributed by atoms with Gasteiger partial charge in [0.2, 0.25) is 0 Å². The Morgan fingerprint density at radius 2 is 2.31 bits per heavy atom. The number of esters is 1. The molecule has 0 spiro atoms. The standard InChI is InChI=1S/C16H16ClN5O5S2/c1-7(17)4-27-15(25)8-3-22-13(24)11(14(22)28-5-8)20-12(23)10(21-26-2)9-6-29-16(18)19-9/h3,6,11,14H,1,4-5H2,2H3,(H2,18,19)(H,20,23)/t11?,14-/m1/s1. The highest BCUT2D eigenvalue weighted by molar-refractivity contribution is 8.00. The van der Waals surface area contributed by atoms with E-state index in [1.54, 1.807) is 5.38 Å². The Balaban J connectivity index is 1.65. The lowest BCUT2D eigenvalue weighted by Crippen LogP contribution is -2.69. The van der Waals surface area contributed by atoms with E-state index in [0.29, 0.717) is 11.3 Å². The fourth-order valence-electron chi connectivity index (χ4n) is 2.56. The second-order valence-electron chi connectivity index (χ2n) is 5.84. The van der Waals surface area contributed by atoms with Gasteiger partial charge >= 0.3 is 5.97 Å². The number of rotatable bonds is 7. The van der Waals surface area contributed by atoms with Crippen LogP contribution in [0.1, 0.15) is 5.69 Å². The molecular weight excluding hydrogens is 442 g/mol. The highest BCUT2D eigenvalue weighted by atomic mass is 35.5. The number of hydrogen-bond donors (Lipinski definition) is 2. The van der Waals surface area contributed by atoms with Crippen molar-refractivity contribution in [3.63, 3.8) is 0 Å². The molecular formula is C16H16ClN5O5S2. The second kappa shape index (κ2) is 8.84. The van der Waals surface area contributed by atoms with Gasteiger partial charge in [-0.1, -0.05) is 23.3 Å². The number of nitrogen functional groups attached to an aromatic ring is 1. The maximum absolute atomic E-state index is 12.6. The molecule has 29 heavy (non-hydrogen) atoms. The first-order valence-corrected chi connectivity index (χ1v) is 10.4. The Labute approximate surface area is 178 Å². The molecule has 0 aromatic carbocycles. The molecule has 1 aromatic heterocycles. The topological polar surface area (TPSA) is 136 Å². The predicted molar refractivity (Wildman–Crippen MR) is 109 cm³/mol. The average Bonchev–Trinajstić information content (AvgIpc) is 3.13. The van der Waals surface area contributed by atoms with E-state index in [1.807, 2.05) is 0 Å². The van der Waals surface area contributed by atoms with E-state index >= 15 is 0 Å². The lowest BCUT2D eigenvalue weighted by atomic mass is 10.1. The largest absolute Gasteiger partial charge is 0.456 e. The summed E-state index contributed by atoms with van der Waals surface area (Å²) in [6.07, 6.45) is 1.43. The third kappa shape index (κ3) is 4.54. The van der Waals surface area contributed by atoms with Gasteiger partial charge in [0.1, 0.15) is 30.8 Å². The summed E-state index contributed by atoms with van der Waals surface area (Å²) < 4.78 is 4.98. The number of oxime groups is 1. The van der Waals surface area contributed by atoms with Crippen molar-refractivity contribution in [2.45, 2.75) is 11.4 Å². The van der Waals surface area contributed by atoms with Crippen LogP contribution in [0.25, 0.3) is 0 Å². The number of carbonyl (C=O) groups excluding carboxylic acids is 3. The van der Waals surface area contributed by atoms with Crippen LogP contribution in [0.15, 0.2) is 33.9 Å². The average molecular weight is 458 g/mol. The number of anilines is 1. The first-order valence-electron chi connectivity index (χ1n) is 8.10. The van der Waals surface area contributed by atoms with Crippen molar-refractivity contribution in [3.8, 4) is 0 Å². The Bertz CT molecular complexity index is 931. The molecule has 0 radical (unpaired) electrons. The molecule has 10 nitrogen and oxygen atoms in total. The molecule has 2 aliphatic heterocycles. The van der Waals surface area contributed by atoms with Gasteiger partial charge in [-0.05, 0) is 0 Å². The number of amides is 2. The zero-order chi connectivity index (χ0) is 21.1. The molecule has 1 saturated heterocycles.